The van der Waals surface area contributed by atoms with Gasteiger partial charge >= 0.3 is 0 Å². The van der Waals surface area contributed by atoms with Gasteiger partial charge in [0, 0.05) is 13.1 Å². The number of morpholine rings is 1. The molecule has 2 unspecified atom stereocenters. The Morgan fingerprint density at radius 2 is 2.37 bits per heavy atom. The molecule has 0 radical (unpaired) electrons. The van der Waals surface area contributed by atoms with Crippen LogP contribution in [0.2, 0.25) is 0 Å². The van der Waals surface area contributed by atoms with Crippen LogP contribution in [0.3, 0.4) is 0 Å². The van der Waals surface area contributed by atoms with Gasteiger partial charge in [0.05, 0.1) is 23.6 Å². The summed E-state index contributed by atoms with van der Waals surface area (Å²) in [5.41, 5.74) is 0. The van der Waals surface area contributed by atoms with Crippen molar-refractivity contribution < 1.29 is 9.15 Å². The molecule has 1 aliphatic rings. The average Bonchev–Trinajstić information content (AvgIpc) is 3.08. The topological polar surface area (TPSA) is 51.4 Å². The minimum atomic E-state index is 0.132. The van der Waals surface area contributed by atoms with E-state index in [1.54, 1.807) is 11.3 Å². The summed E-state index contributed by atoms with van der Waals surface area (Å²) >= 11 is 1.61. The van der Waals surface area contributed by atoms with Crippen LogP contribution in [0.15, 0.2) is 21.9 Å². The van der Waals surface area contributed by atoms with Crippen LogP contribution < -0.4 is 0 Å². The average molecular weight is 279 g/mol. The van der Waals surface area contributed by atoms with Gasteiger partial charge in [-0.2, -0.15) is 0 Å². The number of aromatic nitrogens is 2. The Morgan fingerprint density at radius 3 is 3.11 bits per heavy atom. The molecule has 1 fully saturated rings. The summed E-state index contributed by atoms with van der Waals surface area (Å²) in [6, 6.07) is 4.10. The lowest BCUT2D eigenvalue weighted by Gasteiger charge is -2.33. The molecule has 102 valence electrons. The van der Waals surface area contributed by atoms with E-state index in [2.05, 4.69) is 28.9 Å². The standard InChI is InChI=1S/C13H17N3O2S/c1-9-8-16(5-6-17-9)10(2)12-14-15-13(18-12)11-4-3-7-19-11/h3-4,7,9-10H,5-6,8H2,1-2H3. The quantitative estimate of drug-likeness (QED) is 0.864. The Morgan fingerprint density at radius 1 is 1.47 bits per heavy atom. The fraction of sp³-hybridized carbons (Fsp3) is 0.538. The maximum atomic E-state index is 5.78. The summed E-state index contributed by atoms with van der Waals surface area (Å²) in [5, 5.41) is 10.3. The van der Waals surface area contributed by atoms with Crippen molar-refractivity contribution in [1.29, 1.82) is 0 Å². The largest absolute Gasteiger partial charge is 0.418 e. The predicted molar refractivity (Wildman–Crippen MR) is 73.0 cm³/mol. The normalized spacial score (nSPS) is 22.5. The number of hydrogen-bond donors (Lipinski definition) is 0. The van der Waals surface area contributed by atoms with Crippen LogP contribution in [-0.2, 0) is 4.74 Å². The van der Waals surface area contributed by atoms with E-state index < -0.39 is 0 Å². The number of rotatable bonds is 3. The highest BCUT2D eigenvalue weighted by atomic mass is 32.1. The Kier molecular flexibility index (Phi) is 3.63. The third kappa shape index (κ3) is 2.70. The van der Waals surface area contributed by atoms with Crippen LogP contribution in [0.25, 0.3) is 10.8 Å². The molecule has 0 aromatic carbocycles. The molecule has 6 heteroatoms. The van der Waals surface area contributed by atoms with Crippen LogP contribution in [0.1, 0.15) is 25.8 Å². The number of thiophene rings is 1. The summed E-state index contributed by atoms with van der Waals surface area (Å²) in [6.45, 7) is 6.76. The van der Waals surface area contributed by atoms with Crippen molar-refractivity contribution in [2.45, 2.75) is 26.0 Å². The van der Waals surface area contributed by atoms with E-state index >= 15 is 0 Å². The minimum absolute atomic E-state index is 0.132. The number of nitrogens with zero attached hydrogens (tertiary/aromatic N) is 3. The van der Waals surface area contributed by atoms with E-state index in [0.29, 0.717) is 11.8 Å². The molecule has 2 aromatic rings. The highest BCUT2D eigenvalue weighted by Crippen LogP contribution is 2.27. The molecule has 0 aliphatic carbocycles. The molecule has 1 saturated heterocycles. The zero-order valence-electron chi connectivity index (χ0n) is 11.1. The Hall–Kier alpha value is -1.24. The van der Waals surface area contributed by atoms with Gasteiger partial charge in [0.1, 0.15) is 0 Å². The van der Waals surface area contributed by atoms with Crippen molar-refractivity contribution in [2.24, 2.45) is 0 Å². The molecule has 0 bridgehead atoms. The lowest BCUT2D eigenvalue weighted by atomic mass is 10.2. The SMILES string of the molecule is CC1CN(C(C)c2nnc(-c3cccs3)o2)CCO1. The zero-order valence-corrected chi connectivity index (χ0v) is 11.9. The molecule has 0 saturated carbocycles. The van der Waals surface area contributed by atoms with Crippen molar-refractivity contribution in [2.75, 3.05) is 19.7 Å². The highest BCUT2D eigenvalue weighted by molar-refractivity contribution is 7.13. The summed E-state index contributed by atoms with van der Waals surface area (Å²) in [7, 11) is 0. The van der Waals surface area contributed by atoms with Gasteiger partial charge in [0.2, 0.25) is 5.89 Å². The van der Waals surface area contributed by atoms with E-state index in [4.69, 9.17) is 9.15 Å². The molecular weight excluding hydrogens is 262 g/mol. The monoisotopic (exact) mass is 279 g/mol. The first-order valence-corrected chi connectivity index (χ1v) is 7.35. The van der Waals surface area contributed by atoms with Gasteiger partial charge in [-0.3, -0.25) is 4.90 Å². The summed E-state index contributed by atoms with van der Waals surface area (Å²) in [6.07, 6.45) is 0.260. The van der Waals surface area contributed by atoms with Gasteiger partial charge in [-0.15, -0.1) is 21.5 Å². The van der Waals surface area contributed by atoms with Crippen LogP contribution in [-0.4, -0.2) is 40.9 Å². The Bertz CT molecular complexity index is 526. The van der Waals surface area contributed by atoms with Crippen LogP contribution in [0, 0.1) is 0 Å². The fourth-order valence-corrected chi connectivity index (χ4v) is 2.90. The zero-order chi connectivity index (χ0) is 13.2. The molecule has 2 atom stereocenters. The molecular formula is C13H17N3O2S. The maximum Gasteiger partial charge on any atom is 0.257 e. The fourth-order valence-electron chi connectivity index (χ4n) is 2.26. The second-order valence-corrected chi connectivity index (χ2v) is 5.72. The summed E-state index contributed by atoms with van der Waals surface area (Å²) in [4.78, 5) is 3.33. The van der Waals surface area contributed by atoms with E-state index in [1.165, 1.54) is 0 Å². The van der Waals surface area contributed by atoms with Crippen LogP contribution in [0.5, 0.6) is 0 Å². The number of ether oxygens (including phenoxy) is 1. The van der Waals surface area contributed by atoms with Gasteiger partial charge in [-0.1, -0.05) is 6.07 Å². The molecule has 0 spiro atoms. The molecule has 0 N–H and O–H groups in total. The third-order valence-corrected chi connectivity index (χ3v) is 4.21. The van der Waals surface area contributed by atoms with Crippen molar-refractivity contribution in [1.82, 2.24) is 15.1 Å². The molecule has 0 amide bonds. The van der Waals surface area contributed by atoms with Gasteiger partial charge in [0.15, 0.2) is 0 Å². The van der Waals surface area contributed by atoms with E-state index in [0.717, 1.165) is 24.6 Å². The summed E-state index contributed by atoms with van der Waals surface area (Å²) in [5.74, 6) is 1.29. The Balaban J connectivity index is 1.75. The first-order chi connectivity index (χ1) is 9.24. The molecule has 2 aromatic heterocycles. The molecule has 19 heavy (non-hydrogen) atoms. The van der Waals surface area contributed by atoms with Crippen molar-refractivity contribution in [3.8, 4) is 10.8 Å². The smallest absolute Gasteiger partial charge is 0.257 e. The van der Waals surface area contributed by atoms with Gasteiger partial charge in [-0.05, 0) is 25.3 Å². The lowest BCUT2D eigenvalue weighted by molar-refractivity contribution is -0.0354. The second kappa shape index (κ2) is 5.40. The molecule has 3 heterocycles. The first kappa shape index (κ1) is 12.8. The molecule has 3 rings (SSSR count). The number of hydrogen-bond acceptors (Lipinski definition) is 6. The van der Waals surface area contributed by atoms with Crippen molar-refractivity contribution in [3.05, 3.63) is 23.4 Å². The highest BCUT2D eigenvalue weighted by Gasteiger charge is 2.26. The van der Waals surface area contributed by atoms with Crippen LogP contribution >= 0.6 is 11.3 Å². The maximum absolute atomic E-state index is 5.78. The Labute approximate surface area is 116 Å². The van der Waals surface area contributed by atoms with Crippen LogP contribution in [0.4, 0.5) is 0 Å². The second-order valence-electron chi connectivity index (χ2n) is 4.78. The van der Waals surface area contributed by atoms with E-state index in [1.807, 2.05) is 17.5 Å². The molecule has 1 aliphatic heterocycles. The first-order valence-electron chi connectivity index (χ1n) is 6.47. The van der Waals surface area contributed by atoms with Crippen molar-refractivity contribution >= 4 is 11.3 Å². The summed E-state index contributed by atoms with van der Waals surface area (Å²) < 4.78 is 11.3. The van der Waals surface area contributed by atoms with Gasteiger partial charge in [0.25, 0.3) is 5.89 Å². The van der Waals surface area contributed by atoms with E-state index in [9.17, 15) is 0 Å². The predicted octanol–water partition coefficient (Wildman–Crippen LogP) is 2.58. The van der Waals surface area contributed by atoms with Crippen molar-refractivity contribution in [3.63, 3.8) is 0 Å². The molecule has 5 nitrogen and oxygen atoms in total. The lowest BCUT2D eigenvalue weighted by Crippen LogP contribution is -2.42. The third-order valence-electron chi connectivity index (χ3n) is 3.35. The van der Waals surface area contributed by atoms with E-state index in [-0.39, 0.29) is 12.1 Å². The van der Waals surface area contributed by atoms with Gasteiger partial charge in [-0.25, -0.2) is 0 Å². The minimum Gasteiger partial charge on any atom is -0.418 e. The van der Waals surface area contributed by atoms with Gasteiger partial charge < -0.3 is 9.15 Å².